The molecule has 0 radical (unpaired) electrons. The first-order valence-corrected chi connectivity index (χ1v) is 5.03. The quantitative estimate of drug-likeness (QED) is 0.411. The Morgan fingerprint density at radius 2 is 2.22 bits per heavy atom. The lowest BCUT2D eigenvalue weighted by atomic mass is 10.3. The second kappa shape index (κ2) is 8.25. The molecule has 0 saturated carbocycles. The number of guanidine groups is 1. The van der Waals surface area contributed by atoms with Crippen molar-refractivity contribution >= 4 is 29.9 Å². The predicted molar refractivity (Wildman–Crippen MR) is 74.4 cm³/mol. The SMILES string of the molecule is CN=C(NCc1ccco1)NCC(F)(F)CO.I. The maximum atomic E-state index is 12.7. The highest BCUT2D eigenvalue weighted by molar-refractivity contribution is 14.0. The minimum atomic E-state index is -3.16. The molecule has 0 fully saturated rings. The van der Waals surface area contributed by atoms with Crippen molar-refractivity contribution in [1.82, 2.24) is 10.6 Å². The Labute approximate surface area is 121 Å². The number of hydrogen-bond acceptors (Lipinski definition) is 3. The number of nitrogens with zero attached hydrogens (tertiary/aromatic N) is 1. The van der Waals surface area contributed by atoms with E-state index < -0.39 is 19.1 Å². The van der Waals surface area contributed by atoms with Gasteiger partial charge in [0.15, 0.2) is 5.96 Å². The first kappa shape index (κ1) is 17.1. The van der Waals surface area contributed by atoms with E-state index in [1.54, 1.807) is 12.1 Å². The minimum absolute atomic E-state index is 0. The number of aliphatic hydroxyl groups is 1. The molecular formula is C10H16F2IN3O2. The van der Waals surface area contributed by atoms with Crippen molar-refractivity contribution in [2.24, 2.45) is 4.99 Å². The Morgan fingerprint density at radius 3 is 2.72 bits per heavy atom. The van der Waals surface area contributed by atoms with Gasteiger partial charge in [0.1, 0.15) is 12.4 Å². The molecule has 1 heterocycles. The highest BCUT2D eigenvalue weighted by atomic mass is 127. The highest BCUT2D eigenvalue weighted by Gasteiger charge is 2.27. The van der Waals surface area contributed by atoms with Gasteiger partial charge in [-0.2, -0.15) is 0 Å². The summed E-state index contributed by atoms with van der Waals surface area (Å²) in [6, 6.07) is 3.48. The molecule has 0 bridgehead atoms. The Balaban J connectivity index is 0.00000289. The topological polar surface area (TPSA) is 69.8 Å². The summed E-state index contributed by atoms with van der Waals surface area (Å²) in [7, 11) is 1.47. The largest absolute Gasteiger partial charge is 0.467 e. The number of furan rings is 1. The lowest BCUT2D eigenvalue weighted by Crippen LogP contribution is -2.44. The summed E-state index contributed by atoms with van der Waals surface area (Å²) < 4.78 is 30.6. The molecule has 1 rings (SSSR count). The number of hydrogen-bond donors (Lipinski definition) is 3. The van der Waals surface area contributed by atoms with Crippen LogP contribution in [0.15, 0.2) is 27.8 Å². The normalized spacial score (nSPS) is 11.9. The Bertz CT molecular complexity index is 358. The zero-order valence-corrected chi connectivity index (χ0v) is 12.2. The van der Waals surface area contributed by atoms with Crippen molar-refractivity contribution in [3.63, 3.8) is 0 Å². The van der Waals surface area contributed by atoms with Crippen LogP contribution in [0.25, 0.3) is 0 Å². The number of rotatable bonds is 5. The van der Waals surface area contributed by atoms with E-state index in [4.69, 9.17) is 9.52 Å². The fraction of sp³-hybridized carbons (Fsp3) is 0.500. The molecule has 0 aliphatic heterocycles. The standard InChI is InChI=1S/C10H15F2N3O2.HI/c1-13-9(15-6-10(11,12)7-16)14-5-8-3-2-4-17-8;/h2-4,16H,5-7H2,1H3,(H2,13,14,15);1H. The number of aliphatic imine (C=N–C) groups is 1. The molecule has 0 aliphatic rings. The van der Waals surface area contributed by atoms with Crippen LogP contribution in [0, 0.1) is 0 Å². The molecule has 8 heteroatoms. The molecule has 104 valence electrons. The van der Waals surface area contributed by atoms with Crippen LogP contribution in [-0.4, -0.2) is 37.2 Å². The summed E-state index contributed by atoms with van der Waals surface area (Å²) in [5, 5.41) is 13.6. The van der Waals surface area contributed by atoms with Gasteiger partial charge >= 0.3 is 0 Å². The molecule has 5 nitrogen and oxygen atoms in total. The summed E-state index contributed by atoms with van der Waals surface area (Å²) in [6.07, 6.45) is 1.52. The molecule has 0 aromatic carbocycles. The van der Waals surface area contributed by atoms with Crippen molar-refractivity contribution in [2.45, 2.75) is 12.5 Å². The van der Waals surface area contributed by atoms with Crippen LogP contribution in [0.2, 0.25) is 0 Å². The third-order valence-corrected chi connectivity index (χ3v) is 1.98. The molecule has 0 spiro atoms. The van der Waals surface area contributed by atoms with E-state index in [1.807, 2.05) is 0 Å². The summed E-state index contributed by atoms with van der Waals surface area (Å²) in [5.41, 5.74) is 0. The van der Waals surface area contributed by atoms with E-state index in [9.17, 15) is 8.78 Å². The summed E-state index contributed by atoms with van der Waals surface area (Å²) in [4.78, 5) is 3.76. The Hall–Kier alpha value is -0.900. The van der Waals surface area contributed by atoms with Gasteiger partial charge in [0.2, 0.25) is 0 Å². The first-order chi connectivity index (χ1) is 8.07. The average Bonchev–Trinajstić information content (AvgIpc) is 2.82. The minimum Gasteiger partial charge on any atom is -0.467 e. The van der Waals surface area contributed by atoms with Gasteiger partial charge < -0.3 is 20.2 Å². The van der Waals surface area contributed by atoms with Crippen LogP contribution >= 0.6 is 24.0 Å². The van der Waals surface area contributed by atoms with Crippen LogP contribution in [0.3, 0.4) is 0 Å². The molecular weight excluding hydrogens is 359 g/mol. The summed E-state index contributed by atoms with van der Waals surface area (Å²) >= 11 is 0. The second-order valence-corrected chi connectivity index (χ2v) is 3.37. The van der Waals surface area contributed by atoms with Crippen molar-refractivity contribution in [2.75, 3.05) is 20.2 Å². The maximum Gasteiger partial charge on any atom is 0.287 e. The molecule has 0 unspecified atom stereocenters. The smallest absolute Gasteiger partial charge is 0.287 e. The monoisotopic (exact) mass is 375 g/mol. The zero-order valence-electron chi connectivity index (χ0n) is 9.82. The van der Waals surface area contributed by atoms with Crippen LogP contribution in [0.5, 0.6) is 0 Å². The number of halogens is 3. The maximum absolute atomic E-state index is 12.7. The molecule has 0 aliphatic carbocycles. The van der Waals surface area contributed by atoms with Crippen molar-refractivity contribution in [3.05, 3.63) is 24.2 Å². The first-order valence-electron chi connectivity index (χ1n) is 5.03. The highest BCUT2D eigenvalue weighted by Crippen LogP contribution is 2.09. The van der Waals surface area contributed by atoms with Gasteiger partial charge in [-0.15, -0.1) is 24.0 Å². The molecule has 3 N–H and O–H groups in total. The molecule has 0 amide bonds. The van der Waals surface area contributed by atoms with Gasteiger partial charge in [0.05, 0.1) is 19.4 Å². The van der Waals surface area contributed by atoms with Crippen LogP contribution in [0.4, 0.5) is 8.78 Å². The van der Waals surface area contributed by atoms with E-state index in [1.165, 1.54) is 13.3 Å². The second-order valence-electron chi connectivity index (χ2n) is 3.37. The Morgan fingerprint density at radius 1 is 1.50 bits per heavy atom. The summed E-state index contributed by atoms with van der Waals surface area (Å²) in [5.74, 6) is -2.28. The zero-order chi connectivity index (χ0) is 12.7. The number of nitrogens with one attached hydrogen (secondary N) is 2. The van der Waals surface area contributed by atoms with Gasteiger partial charge in [0.25, 0.3) is 5.92 Å². The number of aliphatic hydroxyl groups excluding tert-OH is 1. The third-order valence-electron chi connectivity index (χ3n) is 1.98. The van der Waals surface area contributed by atoms with E-state index in [-0.39, 0.29) is 29.9 Å². The van der Waals surface area contributed by atoms with Gasteiger partial charge in [0, 0.05) is 7.05 Å². The summed E-state index contributed by atoms with van der Waals surface area (Å²) in [6.45, 7) is -1.53. The van der Waals surface area contributed by atoms with E-state index in [0.29, 0.717) is 12.3 Å². The third kappa shape index (κ3) is 6.15. The predicted octanol–water partition coefficient (Wildman–Crippen LogP) is 1.19. The van der Waals surface area contributed by atoms with Crippen LogP contribution < -0.4 is 10.6 Å². The van der Waals surface area contributed by atoms with Crippen molar-refractivity contribution in [1.29, 1.82) is 0 Å². The van der Waals surface area contributed by atoms with Gasteiger partial charge in [-0.05, 0) is 12.1 Å². The molecule has 1 aromatic rings. The van der Waals surface area contributed by atoms with Gasteiger partial charge in [-0.1, -0.05) is 0 Å². The van der Waals surface area contributed by atoms with E-state index in [2.05, 4.69) is 15.6 Å². The molecule has 0 atom stereocenters. The molecule has 1 aromatic heterocycles. The van der Waals surface area contributed by atoms with E-state index >= 15 is 0 Å². The average molecular weight is 375 g/mol. The molecule has 18 heavy (non-hydrogen) atoms. The fourth-order valence-electron chi connectivity index (χ4n) is 1.07. The van der Waals surface area contributed by atoms with Gasteiger partial charge in [-0.3, -0.25) is 4.99 Å². The lowest BCUT2D eigenvalue weighted by molar-refractivity contribution is -0.0444. The Kier molecular flexibility index (Phi) is 7.83. The van der Waals surface area contributed by atoms with Crippen molar-refractivity contribution < 1.29 is 18.3 Å². The van der Waals surface area contributed by atoms with Crippen LogP contribution in [-0.2, 0) is 6.54 Å². The molecule has 0 saturated heterocycles. The number of alkyl halides is 2. The van der Waals surface area contributed by atoms with Crippen LogP contribution in [0.1, 0.15) is 5.76 Å². The van der Waals surface area contributed by atoms with Gasteiger partial charge in [-0.25, -0.2) is 8.78 Å². The fourth-order valence-corrected chi connectivity index (χ4v) is 1.07. The van der Waals surface area contributed by atoms with E-state index in [0.717, 1.165) is 0 Å². The van der Waals surface area contributed by atoms with Crippen molar-refractivity contribution in [3.8, 4) is 0 Å². The lowest BCUT2D eigenvalue weighted by Gasteiger charge is -2.16.